The van der Waals surface area contributed by atoms with E-state index in [0.717, 1.165) is 23.6 Å². The maximum atomic E-state index is 10.8. The largest absolute Gasteiger partial charge is 0.324 e. The van der Waals surface area contributed by atoms with Crippen LogP contribution in [0.2, 0.25) is 10.0 Å². The van der Waals surface area contributed by atoms with Crippen LogP contribution >= 0.6 is 23.2 Å². The number of rotatable bonds is 2. The van der Waals surface area contributed by atoms with Crippen molar-refractivity contribution in [3.8, 4) is 0 Å². The zero-order valence-corrected chi connectivity index (χ0v) is 20.0. The SMILES string of the molecule is N[C@H]1CC[C@@H](c2ccc(Cl)c(Cl)c2)c2ccccc21.O=S(=O)(O)c1ccc2ccccc2c1. The van der Waals surface area contributed by atoms with Gasteiger partial charge in [0, 0.05) is 12.0 Å². The van der Waals surface area contributed by atoms with Crippen molar-refractivity contribution in [2.45, 2.75) is 29.7 Å². The van der Waals surface area contributed by atoms with E-state index < -0.39 is 10.1 Å². The second-order valence-corrected chi connectivity index (χ2v) is 10.3. The van der Waals surface area contributed by atoms with Crippen LogP contribution in [-0.2, 0) is 10.1 Å². The van der Waals surface area contributed by atoms with Crippen molar-refractivity contribution in [2.75, 3.05) is 0 Å². The average Bonchev–Trinajstić information content (AvgIpc) is 2.81. The monoisotopic (exact) mass is 499 g/mol. The van der Waals surface area contributed by atoms with Gasteiger partial charge >= 0.3 is 0 Å². The van der Waals surface area contributed by atoms with Gasteiger partial charge in [0.1, 0.15) is 0 Å². The minimum Gasteiger partial charge on any atom is -0.324 e. The molecule has 0 radical (unpaired) electrons. The Hall–Kier alpha value is -2.41. The van der Waals surface area contributed by atoms with Crippen molar-refractivity contribution in [3.63, 3.8) is 0 Å². The molecule has 3 N–H and O–H groups in total. The molecule has 2 atom stereocenters. The fraction of sp³-hybridized carbons (Fsp3) is 0.154. The van der Waals surface area contributed by atoms with E-state index in [1.807, 2.05) is 30.3 Å². The zero-order chi connectivity index (χ0) is 23.6. The lowest BCUT2D eigenvalue weighted by atomic mass is 9.77. The number of nitrogens with two attached hydrogens (primary N) is 1. The normalized spacial score (nSPS) is 17.7. The van der Waals surface area contributed by atoms with Gasteiger partial charge in [-0.25, -0.2) is 0 Å². The lowest BCUT2D eigenvalue weighted by molar-refractivity contribution is 0.483. The van der Waals surface area contributed by atoms with E-state index in [4.69, 9.17) is 33.5 Å². The Bertz CT molecular complexity index is 1410. The molecule has 0 saturated heterocycles. The maximum Gasteiger partial charge on any atom is 0.294 e. The molecule has 0 spiro atoms. The minimum absolute atomic E-state index is 0.0730. The van der Waals surface area contributed by atoms with Gasteiger partial charge in [0.2, 0.25) is 0 Å². The molecule has 0 aromatic heterocycles. The van der Waals surface area contributed by atoms with Crippen LogP contribution in [0.25, 0.3) is 10.8 Å². The highest BCUT2D eigenvalue weighted by Gasteiger charge is 2.26. The molecule has 0 aliphatic heterocycles. The Morgan fingerprint density at radius 2 is 1.42 bits per heavy atom. The Morgan fingerprint density at radius 3 is 2.12 bits per heavy atom. The van der Waals surface area contributed by atoms with Gasteiger partial charge in [-0.1, -0.05) is 83.9 Å². The molecular formula is C26H23Cl2NO3S. The molecule has 4 aromatic rings. The molecule has 1 aliphatic carbocycles. The fourth-order valence-corrected chi connectivity index (χ4v) is 5.05. The first kappa shape index (κ1) is 23.7. The van der Waals surface area contributed by atoms with E-state index in [-0.39, 0.29) is 10.9 Å². The van der Waals surface area contributed by atoms with Gasteiger partial charge in [0.05, 0.1) is 14.9 Å². The molecule has 0 fully saturated rings. The molecular weight excluding hydrogens is 477 g/mol. The predicted molar refractivity (Wildman–Crippen MR) is 135 cm³/mol. The van der Waals surface area contributed by atoms with Gasteiger partial charge < -0.3 is 5.73 Å². The van der Waals surface area contributed by atoms with E-state index in [0.29, 0.717) is 16.0 Å². The lowest BCUT2D eigenvalue weighted by Crippen LogP contribution is -2.20. The molecule has 4 aromatic carbocycles. The molecule has 0 heterocycles. The summed E-state index contributed by atoms with van der Waals surface area (Å²) in [5.41, 5.74) is 9.98. The minimum atomic E-state index is -4.09. The van der Waals surface area contributed by atoms with Crippen molar-refractivity contribution < 1.29 is 13.0 Å². The predicted octanol–water partition coefficient (Wildman–Crippen LogP) is 7.01. The topological polar surface area (TPSA) is 80.4 Å². The van der Waals surface area contributed by atoms with Crippen LogP contribution in [0.1, 0.15) is 41.5 Å². The first-order chi connectivity index (χ1) is 15.7. The Kier molecular flexibility index (Phi) is 7.07. The summed E-state index contributed by atoms with van der Waals surface area (Å²) < 4.78 is 30.5. The molecule has 5 rings (SSSR count). The first-order valence-corrected chi connectivity index (χ1v) is 12.7. The zero-order valence-electron chi connectivity index (χ0n) is 17.7. The molecule has 1 aliphatic rings. The summed E-state index contributed by atoms with van der Waals surface area (Å²) >= 11 is 12.1. The van der Waals surface area contributed by atoms with Crippen molar-refractivity contribution in [2.24, 2.45) is 5.73 Å². The molecule has 0 unspecified atom stereocenters. The van der Waals surface area contributed by atoms with Gasteiger partial charge in [-0.05, 0) is 64.6 Å². The first-order valence-electron chi connectivity index (χ1n) is 10.5. The molecule has 0 saturated carbocycles. The quantitative estimate of drug-likeness (QED) is 0.290. The number of benzene rings is 4. The van der Waals surface area contributed by atoms with Gasteiger partial charge in [0.15, 0.2) is 0 Å². The third kappa shape index (κ3) is 5.40. The molecule has 0 amide bonds. The number of hydrogen-bond donors (Lipinski definition) is 2. The van der Waals surface area contributed by atoms with Crippen LogP contribution < -0.4 is 5.73 Å². The van der Waals surface area contributed by atoms with Crippen molar-refractivity contribution >= 4 is 44.1 Å². The third-order valence-corrected chi connectivity index (χ3v) is 7.49. The van der Waals surface area contributed by atoms with Gasteiger partial charge in [-0.3, -0.25) is 4.55 Å². The highest BCUT2D eigenvalue weighted by molar-refractivity contribution is 7.85. The average molecular weight is 500 g/mol. The summed E-state index contributed by atoms with van der Waals surface area (Å²) in [6, 6.07) is 26.3. The number of halogens is 2. The van der Waals surface area contributed by atoms with Crippen LogP contribution in [0.15, 0.2) is 89.8 Å². The van der Waals surface area contributed by atoms with Crippen molar-refractivity contribution in [1.82, 2.24) is 0 Å². The van der Waals surface area contributed by atoms with Gasteiger partial charge in [0.25, 0.3) is 10.1 Å². The van der Waals surface area contributed by atoms with Crippen molar-refractivity contribution in [3.05, 3.63) is 112 Å². The number of fused-ring (bicyclic) bond motifs is 2. The van der Waals surface area contributed by atoms with Crippen molar-refractivity contribution in [1.29, 1.82) is 0 Å². The van der Waals surface area contributed by atoms with E-state index in [9.17, 15) is 8.42 Å². The summed E-state index contributed by atoms with van der Waals surface area (Å²) in [7, 11) is -4.09. The summed E-state index contributed by atoms with van der Waals surface area (Å²) in [6.07, 6.45) is 2.05. The molecule has 33 heavy (non-hydrogen) atoms. The molecule has 0 bridgehead atoms. The van der Waals surface area contributed by atoms with Crippen LogP contribution in [0, 0.1) is 0 Å². The fourth-order valence-electron chi connectivity index (χ4n) is 4.23. The Balaban J connectivity index is 0.000000165. The summed E-state index contributed by atoms with van der Waals surface area (Å²) in [5, 5.41) is 2.96. The smallest absolute Gasteiger partial charge is 0.294 e. The Labute approximate surface area is 203 Å². The van der Waals surface area contributed by atoms with E-state index in [1.54, 1.807) is 12.1 Å². The van der Waals surface area contributed by atoms with Crippen LogP contribution in [0.4, 0.5) is 0 Å². The van der Waals surface area contributed by atoms with E-state index in [1.165, 1.54) is 28.8 Å². The van der Waals surface area contributed by atoms with E-state index in [2.05, 4.69) is 30.3 Å². The Morgan fingerprint density at radius 1 is 0.758 bits per heavy atom. The maximum absolute atomic E-state index is 10.8. The summed E-state index contributed by atoms with van der Waals surface area (Å²) in [6.45, 7) is 0. The molecule has 170 valence electrons. The second-order valence-electron chi connectivity index (χ2n) is 8.02. The summed E-state index contributed by atoms with van der Waals surface area (Å²) in [4.78, 5) is -0.0730. The third-order valence-electron chi connectivity index (χ3n) is 5.90. The number of hydrogen-bond acceptors (Lipinski definition) is 3. The van der Waals surface area contributed by atoms with Gasteiger partial charge in [-0.15, -0.1) is 0 Å². The molecule has 7 heteroatoms. The lowest BCUT2D eigenvalue weighted by Gasteiger charge is -2.30. The van der Waals surface area contributed by atoms with Crippen LogP contribution in [-0.4, -0.2) is 13.0 Å². The highest BCUT2D eigenvalue weighted by atomic mass is 35.5. The van der Waals surface area contributed by atoms with E-state index >= 15 is 0 Å². The summed E-state index contributed by atoms with van der Waals surface area (Å²) in [5.74, 6) is 0.366. The molecule has 4 nitrogen and oxygen atoms in total. The van der Waals surface area contributed by atoms with Gasteiger partial charge in [-0.2, -0.15) is 8.42 Å². The van der Waals surface area contributed by atoms with Crippen LogP contribution in [0.5, 0.6) is 0 Å². The van der Waals surface area contributed by atoms with Crippen LogP contribution in [0.3, 0.4) is 0 Å². The highest BCUT2D eigenvalue weighted by Crippen LogP contribution is 2.41. The standard InChI is InChI=1S/C16H15Cl2N.C10H8O3S/c17-14-7-5-10(9-15(14)18)11-6-8-16(19)13-4-2-1-3-12(11)13;11-14(12,13)10-6-5-8-3-1-2-4-9(8)7-10/h1-5,7,9,11,16H,6,8,19H2;1-7H,(H,11,12,13)/t11-,16-;/m0./s1. The second kappa shape index (κ2) is 9.84.